The molecule has 7 nitrogen and oxygen atoms in total. The summed E-state index contributed by atoms with van der Waals surface area (Å²) in [7, 11) is -5.73. The van der Waals surface area contributed by atoms with Crippen LogP contribution in [0.3, 0.4) is 0 Å². The minimum Gasteiger partial charge on any atom is -0.465 e. The molecule has 0 aromatic heterocycles. The molecule has 0 saturated heterocycles. The number of hydrogen-bond acceptors (Lipinski definition) is 5. The molecule has 1 aromatic rings. The highest BCUT2D eigenvalue weighted by Crippen LogP contribution is 2.29. The van der Waals surface area contributed by atoms with Crippen molar-refractivity contribution < 1.29 is 35.7 Å². The molecular weight excluding hydrogens is 341 g/mol. The second kappa shape index (κ2) is 7.15. The van der Waals surface area contributed by atoms with E-state index in [0.717, 1.165) is 0 Å². The molecule has 0 fully saturated rings. The summed E-state index contributed by atoms with van der Waals surface area (Å²) < 4.78 is 73.3. The Kier molecular flexibility index (Phi) is 5.97. The standard InChI is InChI=1S/C12H15F3N2O5S/c1-2-22-11(18)10(7-8-3-5-9(16)6-4-8)17(12(13,14)15)23(19,20)21/h3-6,10H,2,7,16H2,1H3,(H,19,20,21). The Labute approximate surface area is 130 Å². The van der Waals surface area contributed by atoms with Gasteiger partial charge in [-0.25, -0.2) is 0 Å². The van der Waals surface area contributed by atoms with E-state index in [0.29, 0.717) is 5.69 Å². The van der Waals surface area contributed by atoms with Gasteiger partial charge in [-0.3, -0.25) is 9.35 Å². The topological polar surface area (TPSA) is 110 Å². The normalized spacial score (nSPS) is 13.8. The number of benzene rings is 1. The average Bonchev–Trinajstić information content (AvgIpc) is 2.37. The minimum atomic E-state index is -5.73. The number of esters is 1. The minimum absolute atomic E-state index is 0.204. The zero-order valence-electron chi connectivity index (χ0n) is 11.9. The summed E-state index contributed by atoms with van der Waals surface area (Å²) in [6.07, 6.45) is -6.16. The van der Waals surface area contributed by atoms with Crippen LogP contribution in [-0.2, 0) is 26.3 Å². The van der Waals surface area contributed by atoms with Crippen LogP contribution in [0.5, 0.6) is 0 Å². The molecule has 1 unspecified atom stereocenters. The van der Waals surface area contributed by atoms with Gasteiger partial charge in [0, 0.05) is 12.1 Å². The van der Waals surface area contributed by atoms with Crippen molar-refractivity contribution in [2.45, 2.75) is 25.7 Å². The first kappa shape index (κ1) is 19.2. The number of ether oxygens (including phenoxy) is 1. The van der Waals surface area contributed by atoms with Crippen molar-refractivity contribution in [3.05, 3.63) is 29.8 Å². The van der Waals surface area contributed by atoms with Crippen molar-refractivity contribution in [1.82, 2.24) is 4.31 Å². The fraction of sp³-hybridized carbons (Fsp3) is 0.417. The molecule has 1 rings (SSSR count). The summed E-state index contributed by atoms with van der Waals surface area (Å²) in [4.78, 5) is 11.8. The van der Waals surface area contributed by atoms with Crippen LogP contribution in [0, 0.1) is 0 Å². The van der Waals surface area contributed by atoms with Gasteiger partial charge >= 0.3 is 22.6 Å². The zero-order chi connectivity index (χ0) is 17.8. The number of halogens is 3. The fourth-order valence-corrected chi connectivity index (χ4v) is 2.59. The summed E-state index contributed by atoms with van der Waals surface area (Å²) in [5, 5.41) is 0. The Balaban J connectivity index is 3.27. The average molecular weight is 356 g/mol. The molecule has 0 amide bonds. The van der Waals surface area contributed by atoms with E-state index in [4.69, 9.17) is 10.3 Å². The molecule has 0 spiro atoms. The second-order valence-corrected chi connectivity index (χ2v) is 5.74. The van der Waals surface area contributed by atoms with Gasteiger partial charge in [0.25, 0.3) is 0 Å². The second-order valence-electron chi connectivity index (χ2n) is 4.46. The Morgan fingerprint density at radius 3 is 2.26 bits per heavy atom. The van der Waals surface area contributed by atoms with Gasteiger partial charge in [0.2, 0.25) is 0 Å². The summed E-state index contributed by atoms with van der Waals surface area (Å²) >= 11 is 0. The van der Waals surface area contributed by atoms with E-state index in [-0.39, 0.29) is 12.2 Å². The molecule has 0 aliphatic rings. The molecule has 0 aliphatic carbocycles. The van der Waals surface area contributed by atoms with E-state index in [1.807, 2.05) is 0 Å². The molecule has 3 N–H and O–H groups in total. The first-order chi connectivity index (χ1) is 10.5. The Bertz CT molecular complexity index is 646. The summed E-state index contributed by atoms with van der Waals surface area (Å²) in [6, 6.07) is 3.13. The van der Waals surface area contributed by atoms with Crippen LogP contribution in [0.1, 0.15) is 12.5 Å². The number of anilines is 1. The van der Waals surface area contributed by atoms with Gasteiger partial charge in [-0.15, -0.1) is 0 Å². The van der Waals surface area contributed by atoms with Gasteiger partial charge < -0.3 is 10.5 Å². The molecule has 0 bridgehead atoms. The Morgan fingerprint density at radius 1 is 1.35 bits per heavy atom. The lowest BCUT2D eigenvalue weighted by atomic mass is 10.1. The third-order valence-corrected chi connectivity index (χ3v) is 3.71. The highest BCUT2D eigenvalue weighted by atomic mass is 32.2. The van der Waals surface area contributed by atoms with E-state index in [1.54, 1.807) is 0 Å². The number of nitrogens with zero attached hydrogens (tertiary/aromatic N) is 1. The maximum atomic E-state index is 13.0. The third kappa shape index (κ3) is 5.37. The summed E-state index contributed by atoms with van der Waals surface area (Å²) in [6.45, 7) is 1.10. The number of hydrogen-bond donors (Lipinski definition) is 2. The van der Waals surface area contributed by atoms with Crippen molar-refractivity contribution in [2.24, 2.45) is 0 Å². The summed E-state index contributed by atoms with van der Waals surface area (Å²) in [5.74, 6) is -1.43. The predicted molar refractivity (Wildman–Crippen MR) is 74.4 cm³/mol. The number of nitrogen functional groups attached to an aromatic ring is 1. The van der Waals surface area contributed by atoms with Crippen LogP contribution in [0.25, 0.3) is 0 Å². The van der Waals surface area contributed by atoms with Crippen LogP contribution in [0.2, 0.25) is 0 Å². The predicted octanol–water partition coefficient (Wildman–Crippen LogP) is 1.37. The van der Waals surface area contributed by atoms with Crippen molar-refractivity contribution in [1.29, 1.82) is 0 Å². The molecule has 0 radical (unpaired) electrons. The third-order valence-electron chi connectivity index (χ3n) is 2.75. The van der Waals surface area contributed by atoms with Crippen LogP contribution in [0.4, 0.5) is 18.9 Å². The van der Waals surface area contributed by atoms with E-state index in [2.05, 4.69) is 4.74 Å². The largest absolute Gasteiger partial charge is 0.476 e. The lowest BCUT2D eigenvalue weighted by Crippen LogP contribution is -2.53. The number of carbonyl (C=O) groups excluding carboxylic acids is 1. The van der Waals surface area contributed by atoms with Gasteiger partial charge in [-0.2, -0.15) is 21.6 Å². The summed E-state index contributed by atoms with van der Waals surface area (Å²) in [5.41, 5.74) is 5.99. The van der Waals surface area contributed by atoms with Gasteiger partial charge in [0.15, 0.2) is 0 Å². The number of rotatable bonds is 6. The van der Waals surface area contributed by atoms with Gasteiger partial charge in [-0.1, -0.05) is 16.4 Å². The molecule has 11 heteroatoms. The first-order valence-electron chi connectivity index (χ1n) is 6.31. The fourth-order valence-electron chi connectivity index (χ4n) is 1.85. The maximum Gasteiger partial charge on any atom is 0.476 e. The van der Waals surface area contributed by atoms with E-state index in [1.165, 1.54) is 31.2 Å². The maximum absolute atomic E-state index is 13.0. The van der Waals surface area contributed by atoms with Crippen molar-refractivity contribution in [2.75, 3.05) is 12.3 Å². The molecule has 1 atom stereocenters. The van der Waals surface area contributed by atoms with Crippen LogP contribution in [0.15, 0.2) is 24.3 Å². The molecule has 0 aliphatic heterocycles. The Hall–Kier alpha value is -1.85. The molecule has 0 heterocycles. The molecule has 23 heavy (non-hydrogen) atoms. The van der Waals surface area contributed by atoms with Crippen molar-refractivity contribution in [3.8, 4) is 0 Å². The smallest absolute Gasteiger partial charge is 0.465 e. The van der Waals surface area contributed by atoms with Crippen LogP contribution < -0.4 is 5.73 Å². The van der Waals surface area contributed by atoms with Gasteiger partial charge in [-0.05, 0) is 24.6 Å². The van der Waals surface area contributed by atoms with E-state index < -0.39 is 39.3 Å². The van der Waals surface area contributed by atoms with Crippen molar-refractivity contribution >= 4 is 22.0 Å². The number of alkyl halides is 3. The quantitative estimate of drug-likeness (QED) is 0.345. The van der Waals surface area contributed by atoms with Crippen LogP contribution in [-0.4, -0.2) is 42.2 Å². The van der Waals surface area contributed by atoms with Gasteiger partial charge in [0.1, 0.15) is 6.04 Å². The van der Waals surface area contributed by atoms with Crippen molar-refractivity contribution in [3.63, 3.8) is 0 Å². The van der Waals surface area contributed by atoms with Gasteiger partial charge in [0.05, 0.1) is 6.61 Å². The van der Waals surface area contributed by atoms with E-state index in [9.17, 15) is 26.4 Å². The Morgan fingerprint density at radius 2 is 1.87 bits per heavy atom. The SMILES string of the molecule is CCOC(=O)C(Cc1ccc(N)cc1)N(C(F)(F)F)S(=O)(=O)O. The monoisotopic (exact) mass is 356 g/mol. The molecule has 130 valence electrons. The molecule has 0 saturated carbocycles. The molecule has 1 aromatic carbocycles. The van der Waals surface area contributed by atoms with Crippen LogP contribution >= 0.6 is 0 Å². The lowest BCUT2D eigenvalue weighted by Gasteiger charge is -2.28. The molecular formula is C12H15F3N2O5S. The highest BCUT2D eigenvalue weighted by molar-refractivity contribution is 7.83. The van der Waals surface area contributed by atoms with E-state index >= 15 is 0 Å². The highest BCUT2D eigenvalue weighted by Gasteiger charge is 2.52. The lowest BCUT2D eigenvalue weighted by molar-refractivity contribution is -0.227. The zero-order valence-corrected chi connectivity index (χ0v) is 12.8. The number of nitrogens with two attached hydrogens (primary N) is 1. The number of carbonyl (C=O) groups is 1. The first-order valence-corrected chi connectivity index (χ1v) is 7.71.